The van der Waals surface area contributed by atoms with E-state index in [-0.39, 0.29) is 0 Å². The Morgan fingerprint density at radius 1 is 1.53 bits per heavy atom. The van der Waals surface area contributed by atoms with Gasteiger partial charge in [-0.3, -0.25) is 0 Å². The molecule has 1 aromatic rings. The standard InChI is InChI=1S/C14H20BrNO/c1-4-5-6-7-13(16-2)12-9-8-11(15)10-14(12)17-3/h4,8-10,13,16H,1,5-7H2,2-3H3. The van der Waals surface area contributed by atoms with Crippen LogP contribution in [0.3, 0.4) is 0 Å². The van der Waals surface area contributed by atoms with Gasteiger partial charge in [-0.05, 0) is 38.4 Å². The molecule has 1 unspecified atom stereocenters. The molecular weight excluding hydrogens is 278 g/mol. The average molecular weight is 298 g/mol. The Balaban J connectivity index is 2.82. The highest BCUT2D eigenvalue weighted by molar-refractivity contribution is 9.10. The smallest absolute Gasteiger partial charge is 0.124 e. The monoisotopic (exact) mass is 297 g/mol. The van der Waals surface area contributed by atoms with Crippen molar-refractivity contribution in [2.24, 2.45) is 0 Å². The molecule has 0 aromatic heterocycles. The Labute approximate surface area is 112 Å². The number of hydrogen-bond donors (Lipinski definition) is 1. The summed E-state index contributed by atoms with van der Waals surface area (Å²) in [6, 6.07) is 6.50. The van der Waals surface area contributed by atoms with Gasteiger partial charge in [-0.25, -0.2) is 0 Å². The molecule has 0 spiro atoms. The number of benzene rings is 1. The van der Waals surface area contributed by atoms with Gasteiger partial charge in [-0.15, -0.1) is 6.58 Å². The fraction of sp³-hybridized carbons (Fsp3) is 0.429. The minimum absolute atomic E-state index is 0.331. The third-order valence-corrected chi connectivity index (χ3v) is 3.31. The van der Waals surface area contributed by atoms with E-state index in [0.29, 0.717) is 6.04 Å². The van der Waals surface area contributed by atoms with Gasteiger partial charge in [0.15, 0.2) is 0 Å². The number of rotatable bonds is 7. The Morgan fingerprint density at radius 2 is 2.29 bits per heavy atom. The molecule has 17 heavy (non-hydrogen) atoms. The molecule has 0 saturated heterocycles. The summed E-state index contributed by atoms with van der Waals surface area (Å²) >= 11 is 3.46. The van der Waals surface area contributed by atoms with E-state index in [0.717, 1.165) is 29.5 Å². The van der Waals surface area contributed by atoms with Crippen molar-refractivity contribution in [1.82, 2.24) is 5.32 Å². The first-order valence-corrected chi connectivity index (χ1v) is 6.63. The molecule has 0 amide bonds. The van der Waals surface area contributed by atoms with Crippen LogP contribution < -0.4 is 10.1 Å². The molecule has 1 N–H and O–H groups in total. The van der Waals surface area contributed by atoms with Gasteiger partial charge in [0.2, 0.25) is 0 Å². The van der Waals surface area contributed by atoms with E-state index in [1.54, 1.807) is 7.11 Å². The van der Waals surface area contributed by atoms with Gasteiger partial charge >= 0.3 is 0 Å². The lowest BCUT2D eigenvalue weighted by atomic mass is 10.00. The largest absolute Gasteiger partial charge is 0.496 e. The van der Waals surface area contributed by atoms with E-state index >= 15 is 0 Å². The Morgan fingerprint density at radius 3 is 2.88 bits per heavy atom. The highest BCUT2D eigenvalue weighted by atomic mass is 79.9. The van der Waals surface area contributed by atoms with Crippen LogP contribution in [0.25, 0.3) is 0 Å². The number of nitrogens with one attached hydrogen (secondary N) is 1. The van der Waals surface area contributed by atoms with E-state index in [1.807, 2.05) is 19.2 Å². The maximum absolute atomic E-state index is 5.43. The zero-order valence-corrected chi connectivity index (χ0v) is 12.1. The van der Waals surface area contributed by atoms with Crippen molar-refractivity contribution in [2.45, 2.75) is 25.3 Å². The fourth-order valence-corrected chi connectivity index (χ4v) is 2.23. The summed E-state index contributed by atoms with van der Waals surface area (Å²) in [5, 5.41) is 3.34. The van der Waals surface area contributed by atoms with Gasteiger partial charge in [-0.1, -0.05) is 28.1 Å². The SMILES string of the molecule is C=CCCCC(NC)c1ccc(Br)cc1OC. The van der Waals surface area contributed by atoms with E-state index in [4.69, 9.17) is 4.74 Å². The molecule has 2 nitrogen and oxygen atoms in total. The molecule has 0 saturated carbocycles. The predicted octanol–water partition coefficient (Wildman–Crippen LogP) is 4.07. The van der Waals surface area contributed by atoms with Gasteiger partial charge in [-0.2, -0.15) is 0 Å². The van der Waals surface area contributed by atoms with Crippen molar-refractivity contribution in [3.05, 3.63) is 40.9 Å². The summed E-state index contributed by atoms with van der Waals surface area (Å²) < 4.78 is 6.47. The first kappa shape index (κ1) is 14.3. The minimum Gasteiger partial charge on any atom is -0.496 e. The van der Waals surface area contributed by atoms with Crippen molar-refractivity contribution in [1.29, 1.82) is 0 Å². The summed E-state index contributed by atoms with van der Waals surface area (Å²) in [6.45, 7) is 3.75. The van der Waals surface area contributed by atoms with Crippen LogP contribution in [0.4, 0.5) is 0 Å². The maximum Gasteiger partial charge on any atom is 0.124 e. The highest BCUT2D eigenvalue weighted by Gasteiger charge is 2.13. The van der Waals surface area contributed by atoms with Crippen molar-refractivity contribution in [3.63, 3.8) is 0 Å². The number of halogens is 1. The van der Waals surface area contributed by atoms with Crippen LogP contribution >= 0.6 is 15.9 Å². The highest BCUT2D eigenvalue weighted by Crippen LogP contribution is 2.30. The van der Waals surface area contributed by atoms with Crippen molar-refractivity contribution < 1.29 is 4.74 Å². The molecule has 0 heterocycles. The molecular formula is C14H20BrNO. The quantitative estimate of drug-likeness (QED) is 0.605. The Bertz CT molecular complexity index is 365. The minimum atomic E-state index is 0.331. The summed E-state index contributed by atoms with van der Waals surface area (Å²) in [5.41, 5.74) is 1.21. The van der Waals surface area contributed by atoms with E-state index < -0.39 is 0 Å². The normalized spacial score (nSPS) is 12.2. The lowest BCUT2D eigenvalue weighted by Crippen LogP contribution is -2.17. The lowest BCUT2D eigenvalue weighted by molar-refractivity contribution is 0.397. The van der Waals surface area contributed by atoms with Gasteiger partial charge in [0, 0.05) is 16.1 Å². The average Bonchev–Trinajstić information content (AvgIpc) is 2.35. The molecule has 1 aromatic carbocycles. The molecule has 94 valence electrons. The van der Waals surface area contributed by atoms with E-state index in [2.05, 4.69) is 40.0 Å². The van der Waals surface area contributed by atoms with Crippen LogP contribution in [0.1, 0.15) is 30.9 Å². The second-order valence-electron chi connectivity index (χ2n) is 3.95. The van der Waals surface area contributed by atoms with Gasteiger partial charge in [0.25, 0.3) is 0 Å². The molecule has 1 atom stereocenters. The number of allylic oxidation sites excluding steroid dienone is 1. The molecule has 0 radical (unpaired) electrons. The van der Waals surface area contributed by atoms with Crippen LogP contribution in [-0.2, 0) is 0 Å². The van der Waals surface area contributed by atoms with Crippen LogP contribution in [-0.4, -0.2) is 14.2 Å². The van der Waals surface area contributed by atoms with Crippen LogP contribution in [0.15, 0.2) is 35.3 Å². The summed E-state index contributed by atoms with van der Waals surface area (Å²) in [4.78, 5) is 0. The second kappa shape index (κ2) is 7.51. The molecule has 0 aliphatic heterocycles. The summed E-state index contributed by atoms with van der Waals surface area (Å²) in [5.74, 6) is 0.928. The topological polar surface area (TPSA) is 21.3 Å². The lowest BCUT2D eigenvalue weighted by Gasteiger charge is -2.19. The predicted molar refractivity (Wildman–Crippen MR) is 76.5 cm³/mol. The Kier molecular flexibility index (Phi) is 6.30. The van der Waals surface area contributed by atoms with Crippen molar-refractivity contribution in [2.75, 3.05) is 14.2 Å². The Hall–Kier alpha value is -0.800. The summed E-state index contributed by atoms with van der Waals surface area (Å²) in [7, 11) is 3.70. The maximum atomic E-state index is 5.43. The number of ether oxygens (including phenoxy) is 1. The first-order chi connectivity index (χ1) is 8.22. The van der Waals surface area contributed by atoms with Gasteiger partial charge < -0.3 is 10.1 Å². The fourth-order valence-electron chi connectivity index (χ4n) is 1.89. The zero-order chi connectivity index (χ0) is 12.7. The van der Waals surface area contributed by atoms with Crippen molar-refractivity contribution in [3.8, 4) is 5.75 Å². The number of unbranched alkanes of at least 4 members (excludes halogenated alkanes) is 1. The zero-order valence-electron chi connectivity index (χ0n) is 10.5. The van der Waals surface area contributed by atoms with Gasteiger partial charge in [0.1, 0.15) is 5.75 Å². The molecule has 0 aliphatic carbocycles. The number of hydrogen-bond acceptors (Lipinski definition) is 2. The molecule has 3 heteroatoms. The third-order valence-electron chi connectivity index (χ3n) is 2.82. The third kappa shape index (κ3) is 4.17. The molecule has 1 rings (SSSR count). The van der Waals surface area contributed by atoms with Crippen LogP contribution in [0.5, 0.6) is 5.75 Å². The molecule has 0 fully saturated rings. The van der Waals surface area contributed by atoms with Crippen LogP contribution in [0, 0.1) is 0 Å². The van der Waals surface area contributed by atoms with Crippen molar-refractivity contribution >= 4 is 15.9 Å². The molecule has 0 bridgehead atoms. The number of methoxy groups -OCH3 is 1. The molecule has 0 aliphatic rings. The van der Waals surface area contributed by atoms with Crippen LogP contribution in [0.2, 0.25) is 0 Å². The van der Waals surface area contributed by atoms with E-state index in [9.17, 15) is 0 Å². The van der Waals surface area contributed by atoms with Gasteiger partial charge in [0.05, 0.1) is 7.11 Å². The summed E-state index contributed by atoms with van der Waals surface area (Å²) in [6.07, 6.45) is 5.23. The first-order valence-electron chi connectivity index (χ1n) is 5.84. The second-order valence-corrected chi connectivity index (χ2v) is 4.86. The van der Waals surface area contributed by atoms with E-state index in [1.165, 1.54) is 5.56 Å².